The maximum absolute atomic E-state index is 11.6. The second-order valence-corrected chi connectivity index (χ2v) is 4.53. The summed E-state index contributed by atoms with van der Waals surface area (Å²) in [5.74, 6) is -0.354. The molecule has 0 bridgehead atoms. The number of hydrogen-bond donors (Lipinski definition) is 0. The number of nitrogens with zero attached hydrogens (tertiary/aromatic N) is 4. The van der Waals surface area contributed by atoms with Gasteiger partial charge in [-0.05, 0) is 24.6 Å². The Hall–Kier alpha value is -2.76. The average molecular weight is 282 g/mol. The van der Waals surface area contributed by atoms with E-state index in [1.165, 1.54) is 6.20 Å². The molecule has 2 heterocycles. The van der Waals surface area contributed by atoms with E-state index in [-0.39, 0.29) is 5.97 Å². The number of benzene rings is 1. The van der Waals surface area contributed by atoms with E-state index in [1.807, 2.05) is 18.2 Å². The molecular weight excluding hydrogens is 268 g/mol. The van der Waals surface area contributed by atoms with Gasteiger partial charge in [0.05, 0.1) is 35.9 Å². The van der Waals surface area contributed by atoms with Crippen LogP contribution in [-0.4, -0.2) is 32.3 Å². The molecule has 0 spiro atoms. The summed E-state index contributed by atoms with van der Waals surface area (Å²) in [5, 5.41) is 4.17. The molecule has 21 heavy (non-hydrogen) atoms. The largest absolute Gasteiger partial charge is 0.462 e. The predicted octanol–water partition coefficient (Wildman–Crippen LogP) is 2.05. The van der Waals surface area contributed by atoms with Gasteiger partial charge < -0.3 is 4.74 Å². The first-order valence-corrected chi connectivity index (χ1v) is 6.65. The molecule has 0 aliphatic carbocycles. The van der Waals surface area contributed by atoms with Gasteiger partial charge in [0.1, 0.15) is 0 Å². The fourth-order valence-electron chi connectivity index (χ4n) is 2.06. The van der Waals surface area contributed by atoms with Crippen LogP contribution in [0.4, 0.5) is 0 Å². The van der Waals surface area contributed by atoms with Crippen molar-refractivity contribution < 1.29 is 9.53 Å². The zero-order chi connectivity index (χ0) is 14.7. The maximum Gasteiger partial charge on any atom is 0.341 e. The Balaban J connectivity index is 1.80. The van der Waals surface area contributed by atoms with E-state index < -0.39 is 0 Å². The lowest BCUT2D eigenvalue weighted by Gasteiger charge is -2.03. The van der Waals surface area contributed by atoms with Gasteiger partial charge in [-0.3, -0.25) is 14.6 Å². The van der Waals surface area contributed by atoms with Crippen molar-refractivity contribution in [3.8, 4) is 0 Å². The highest BCUT2D eigenvalue weighted by atomic mass is 16.5. The van der Waals surface area contributed by atoms with E-state index in [2.05, 4.69) is 15.1 Å². The molecule has 3 aromatic rings. The van der Waals surface area contributed by atoms with Crippen molar-refractivity contribution in [2.45, 2.75) is 13.5 Å². The van der Waals surface area contributed by atoms with Crippen LogP contribution in [0, 0.1) is 0 Å². The van der Waals surface area contributed by atoms with E-state index in [4.69, 9.17) is 4.74 Å². The second kappa shape index (κ2) is 5.70. The van der Waals surface area contributed by atoms with Crippen LogP contribution < -0.4 is 0 Å². The van der Waals surface area contributed by atoms with Gasteiger partial charge in [-0.25, -0.2) is 4.79 Å². The predicted molar refractivity (Wildman–Crippen MR) is 76.8 cm³/mol. The van der Waals surface area contributed by atoms with Crippen molar-refractivity contribution in [2.24, 2.45) is 0 Å². The monoisotopic (exact) mass is 282 g/mol. The number of esters is 1. The lowest BCUT2D eigenvalue weighted by molar-refractivity contribution is 0.0526. The van der Waals surface area contributed by atoms with Gasteiger partial charge in [0, 0.05) is 18.6 Å². The first-order chi connectivity index (χ1) is 10.3. The minimum atomic E-state index is -0.354. The number of carbonyl (C=O) groups is 1. The fraction of sp³-hybridized carbons (Fsp3) is 0.200. The summed E-state index contributed by atoms with van der Waals surface area (Å²) in [5.41, 5.74) is 3.20. The minimum absolute atomic E-state index is 0.354. The molecular formula is C15H14N4O2. The standard InChI is InChI=1S/C15H14N4O2/c1-2-21-15(20)12-8-18-19(10-12)9-11-3-4-13-14(7-11)17-6-5-16-13/h3-8,10H,2,9H2,1H3. The van der Waals surface area contributed by atoms with Crippen molar-refractivity contribution in [2.75, 3.05) is 6.61 Å². The van der Waals surface area contributed by atoms with Crippen LogP contribution >= 0.6 is 0 Å². The molecule has 0 atom stereocenters. The molecule has 0 radical (unpaired) electrons. The minimum Gasteiger partial charge on any atom is -0.462 e. The van der Waals surface area contributed by atoms with Gasteiger partial charge in [-0.2, -0.15) is 5.10 Å². The molecule has 6 nitrogen and oxygen atoms in total. The molecule has 0 unspecified atom stereocenters. The first-order valence-electron chi connectivity index (χ1n) is 6.65. The fourth-order valence-corrected chi connectivity index (χ4v) is 2.06. The summed E-state index contributed by atoms with van der Waals surface area (Å²) in [4.78, 5) is 20.1. The quantitative estimate of drug-likeness (QED) is 0.685. The molecule has 0 aliphatic heterocycles. The Morgan fingerprint density at radius 1 is 1.24 bits per heavy atom. The average Bonchev–Trinajstić information content (AvgIpc) is 2.96. The van der Waals surface area contributed by atoms with Gasteiger partial charge in [0.25, 0.3) is 0 Å². The van der Waals surface area contributed by atoms with E-state index in [0.29, 0.717) is 18.7 Å². The molecule has 0 aliphatic rings. The third-order valence-corrected chi connectivity index (χ3v) is 3.02. The Morgan fingerprint density at radius 2 is 2.05 bits per heavy atom. The summed E-state index contributed by atoms with van der Waals surface area (Å²) < 4.78 is 6.64. The highest BCUT2D eigenvalue weighted by molar-refractivity contribution is 5.88. The van der Waals surface area contributed by atoms with Gasteiger partial charge in [-0.1, -0.05) is 6.07 Å². The molecule has 0 saturated heterocycles. The molecule has 0 saturated carbocycles. The van der Waals surface area contributed by atoms with Crippen LogP contribution in [0.2, 0.25) is 0 Å². The smallest absolute Gasteiger partial charge is 0.341 e. The van der Waals surface area contributed by atoms with Gasteiger partial charge >= 0.3 is 5.97 Å². The van der Waals surface area contributed by atoms with Crippen LogP contribution in [0.5, 0.6) is 0 Å². The van der Waals surface area contributed by atoms with Crippen molar-refractivity contribution in [3.63, 3.8) is 0 Å². The van der Waals surface area contributed by atoms with Gasteiger partial charge in [0.15, 0.2) is 0 Å². The summed E-state index contributed by atoms with van der Waals surface area (Å²) in [6.45, 7) is 2.69. The lowest BCUT2D eigenvalue weighted by atomic mass is 10.2. The summed E-state index contributed by atoms with van der Waals surface area (Å²) in [7, 11) is 0. The SMILES string of the molecule is CCOC(=O)c1cnn(Cc2ccc3nccnc3c2)c1. The van der Waals surface area contributed by atoms with Crippen LogP contribution in [0.25, 0.3) is 11.0 Å². The van der Waals surface area contributed by atoms with E-state index >= 15 is 0 Å². The third-order valence-electron chi connectivity index (χ3n) is 3.02. The van der Waals surface area contributed by atoms with Crippen molar-refractivity contribution in [3.05, 3.63) is 54.1 Å². The normalized spacial score (nSPS) is 10.7. The Kier molecular flexibility index (Phi) is 3.59. The van der Waals surface area contributed by atoms with E-state index in [0.717, 1.165) is 16.6 Å². The van der Waals surface area contributed by atoms with E-state index in [1.54, 1.807) is 30.2 Å². The Bertz CT molecular complexity index is 782. The topological polar surface area (TPSA) is 69.9 Å². The van der Waals surface area contributed by atoms with Crippen molar-refractivity contribution in [1.29, 1.82) is 0 Å². The number of ether oxygens (including phenoxy) is 1. The maximum atomic E-state index is 11.6. The highest BCUT2D eigenvalue weighted by Crippen LogP contribution is 2.12. The number of hydrogen-bond acceptors (Lipinski definition) is 5. The van der Waals surface area contributed by atoms with Gasteiger partial charge in [-0.15, -0.1) is 0 Å². The van der Waals surface area contributed by atoms with Crippen molar-refractivity contribution >= 4 is 17.0 Å². The van der Waals surface area contributed by atoms with Gasteiger partial charge in [0.2, 0.25) is 0 Å². The van der Waals surface area contributed by atoms with Crippen LogP contribution in [0.15, 0.2) is 43.0 Å². The molecule has 0 fully saturated rings. The second-order valence-electron chi connectivity index (χ2n) is 4.53. The molecule has 3 rings (SSSR count). The first kappa shape index (κ1) is 13.2. The number of aromatic nitrogens is 4. The number of fused-ring (bicyclic) bond motifs is 1. The number of carbonyl (C=O) groups excluding carboxylic acids is 1. The Labute approximate surface area is 121 Å². The van der Waals surface area contributed by atoms with E-state index in [9.17, 15) is 4.79 Å². The van der Waals surface area contributed by atoms with Crippen molar-refractivity contribution in [1.82, 2.24) is 19.7 Å². The summed E-state index contributed by atoms with van der Waals surface area (Å²) >= 11 is 0. The summed E-state index contributed by atoms with van der Waals surface area (Å²) in [6.07, 6.45) is 6.53. The Morgan fingerprint density at radius 3 is 2.86 bits per heavy atom. The molecule has 0 amide bonds. The summed E-state index contributed by atoms with van der Waals surface area (Å²) in [6, 6.07) is 5.87. The lowest BCUT2D eigenvalue weighted by Crippen LogP contribution is -2.04. The number of rotatable bonds is 4. The van der Waals surface area contributed by atoms with Crippen LogP contribution in [0.1, 0.15) is 22.8 Å². The molecule has 0 N–H and O–H groups in total. The molecule has 106 valence electrons. The zero-order valence-corrected chi connectivity index (χ0v) is 11.6. The third kappa shape index (κ3) is 2.89. The van der Waals surface area contributed by atoms with Crippen LogP contribution in [0.3, 0.4) is 0 Å². The molecule has 2 aromatic heterocycles. The van der Waals surface area contributed by atoms with Crippen LogP contribution in [-0.2, 0) is 11.3 Å². The zero-order valence-electron chi connectivity index (χ0n) is 11.6. The highest BCUT2D eigenvalue weighted by Gasteiger charge is 2.09. The molecule has 6 heteroatoms. The molecule has 1 aromatic carbocycles.